The quantitative estimate of drug-likeness (QED) is 0.126. The lowest BCUT2D eigenvalue weighted by molar-refractivity contribution is 0.0577. The number of hydrogen-bond donors (Lipinski definition) is 0. The first-order valence-electron chi connectivity index (χ1n) is 14.0. The Hall–Kier alpha value is 0.154. The molecule has 7 nitrogen and oxygen atoms in total. The molecule has 0 heterocycles. The number of hydrogen-bond acceptors (Lipinski definition) is 7. The lowest BCUT2D eigenvalue weighted by Crippen LogP contribution is -2.47. The summed E-state index contributed by atoms with van der Waals surface area (Å²) in [7, 11) is -3.04. The maximum absolute atomic E-state index is 6.24. The summed E-state index contributed by atoms with van der Waals surface area (Å²) in [5, 5.41) is 0. The van der Waals surface area contributed by atoms with Crippen molar-refractivity contribution in [2.45, 2.75) is 105 Å². The molecule has 0 unspecified atom stereocenters. The Bertz CT molecular complexity index is 366. The average molecular weight is 524 g/mol. The van der Waals surface area contributed by atoms with Gasteiger partial charge < -0.3 is 31.5 Å². The standard InChI is InChI=1S/C25H57NO6Si2/c1-8-18-27-33(28-19-9-2,29-20-10-3)24-14-16-26(7)17-15-25-34(30-21-11-4,31-22-12-5)32-23-13-6/h8-25H2,1-7H3. The average Bonchev–Trinajstić information content (AvgIpc) is 2.85. The Morgan fingerprint density at radius 1 is 0.441 bits per heavy atom. The van der Waals surface area contributed by atoms with Crippen LogP contribution in [0.5, 0.6) is 0 Å². The van der Waals surface area contributed by atoms with E-state index in [9.17, 15) is 0 Å². The van der Waals surface area contributed by atoms with Gasteiger partial charge >= 0.3 is 17.6 Å². The van der Waals surface area contributed by atoms with Crippen LogP contribution in [0, 0.1) is 0 Å². The van der Waals surface area contributed by atoms with Crippen LogP contribution in [0.4, 0.5) is 0 Å². The highest BCUT2D eigenvalue weighted by atomic mass is 28.4. The molecule has 206 valence electrons. The third-order valence-electron chi connectivity index (χ3n) is 5.20. The molecule has 0 N–H and O–H groups in total. The Labute approximate surface area is 213 Å². The van der Waals surface area contributed by atoms with E-state index in [4.69, 9.17) is 26.6 Å². The van der Waals surface area contributed by atoms with Crippen LogP contribution in [0.3, 0.4) is 0 Å². The normalized spacial score (nSPS) is 12.7. The summed E-state index contributed by atoms with van der Waals surface area (Å²) in [6.45, 7) is 19.0. The molecule has 0 aromatic heterocycles. The Balaban J connectivity index is 4.80. The van der Waals surface area contributed by atoms with Crippen LogP contribution in [-0.2, 0) is 26.6 Å². The maximum Gasteiger partial charge on any atom is 0.501 e. The molecular formula is C25H57NO6Si2. The van der Waals surface area contributed by atoms with Crippen molar-refractivity contribution in [3.8, 4) is 0 Å². The van der Waals surface area contributed by atoms with E-state index in [1.165, 1.54) is 0 Å². The van der Waals surface area contributed by atoms with E-state index in [0.717, 1.165) is 76.5 Å². The fraction of sp³-hybridized carbons (Fsp3) is 1.00. The molecule has 0 aliphatic heterocycles. The molecular weight excluding hydrogens is 466 g/mol. The van der Waals surface area contributed by atoms with Gasteiger partial charge in [-0.2, -0.15) is 0 Å². The first kappa shape index (κ1) is 34.2. The van der Waals surface area contributed by atoms with Crippen molar-refractivity contribution >= 4 is 17.6 Å². The van der Waals surface area contributed by atoms with Gasteiger partial charge in [-0.25, -0.2) is 0 Å². The molecule has 9 heteroatoms. The molecule has 0 amide bonds. The van der Waals surface area contributed by atoms with Gasteiger partial charge in [0.15, 0.2) is 0 Å². The van der Waals surface area contributed by atoms with Crippen LogP contribution < -0.4 is 0 Å². The van der Waals surface area contributed by atoms with Crippen molar-refractivity contribution in [1.29, 1.82) is 0 Å². The summed E-state index contributed by atoms with van der Waals surface area (Å²) < 4.78 is 37.4. The smallest absolute Gasteiger partial charge is 0.373 e. The third-order valence-corrected chi connectivity index (χ3v) is 11.0. The van der Waals surface area contributed by atoms with E-state index in [1.54, 1.807) is 0 Å². The molecule has 0 aliphatic rings. The Kier molecular flexibility index (Phi) is 22.5. The zero-order chi connectivity index (χ0) is 25.5. The Morgan fingerprint density at radius 3 is 0.882 bits per heavy atom. The van der Waals surface area contributed by atoms with Gasteiger partial charge in [-0.15, -0.1) is 0 Å². The van der Waals surface area contributed by atoms with Gasteiger partial charge in [0.25, 0.3) is 0 Å². The van der Waals surface area contributed by atoms with Gasteiger partial charge in [-0.3, -0.25) is 0 Å². The number of nitrogens with zero attached hydrogens (tertiary/aromatic N) is 1. The number of rotatable bonds is 26. The van der Waals surface area contributed by atoms with Gasteiger partial charge in [-0.05, 0) is 71.5 Å². The van der Waals surface area contributed by atoms with Crippen LogP contribution in [-0.4, -0.2) is 82.3 Å². The van der Waals surface area contributed by atoms with E-state index >= 15 is 0 Å². The van der Waals surface area contributed by atoms with E-state index in [1.807, 2.05) is 0 Å². The predicted octanol–water partition coefficient (Wildman–Crippen LogP) is 6.14. The minimum Gasteiger partial charge on any atom is -0.373 e. The van der Waals surface area contributed by atoms with Gasteiger partial charge in [-0.1, -0.05) is 41.5 Å². The SMILES string of the molecule is CCCO[Si](CCCN(C)CCC[Si](OCCC)(OCCC)OCCC)(OCCC)OCCC. The fourth-order valence-corrected chi connectivity index (χ4v) is 9.11. The highest BCUT2D eigenvalue weighted by molar-refractivity contribution is 6.61. The molecule has 0 bridgehead atoms. The maximum atomic E-state index is 6.24. The fourth-order valence-electron chi connectivity index (χ4n) is 3.47. The minimum atomic E-state index is -2.61. The van der Waals surface area contributed by atoms with Crippen LogP contribution in [0.25, 0.3) is 0 Å². The summed E-state index contributed by atoms with van der Waals surface area (Å²) >= 11 is 0. The second-order valence-electron chi connectivity index (χ2n) is 8.97. The van der Waals surface area contributed by atoms with Crippen molar-refractivity contribution in [3.63, 3.8) is 0 Å². The highest BCUT2D eigenvalue weighted by Gasteiger charge is 2.41. The molecule has 0 aromatic rings. The van der Waals surface area contributed by atoms with Crippen molar-refractivity contribution in [1.82, 2.24) is 4.90 Å². The van der Waals surface area contributed by atoms with Gasteiger partial charge in [0.1, 0.15) is 0 Å². The summed E-state index contributed by atoms with van der Waals surface area (Å²) in [5.41, 5.74) is 0. The molecule has 34 heavy (non-hydrogen) atoms. The van der Waals surface area contributed by atoms with Crippen LogP contribution in [0.15, 0.2) is 0 Å². The van der Waals surface area contributed by atoms with E-state index in [2.05, 4.69) is 53.5 Å². The molecule has 0 spiro atoms. The van der Waals surface area contributed by atoms with E-state index < -0.39 is 17.6 Å². The zero-order valence-electron chi connectivity index (χ0n) is 23.6. The summed E-state index contributed by atoms with van der Waals surface area (Å²) in [4.78, 5) is 2.39. The van der Waals surface area contributed by atoms with Gasteiger partial charge in [0.05, 0.1) is 0 Å². The topological polar surface area (TPSA) is 58.6 Å². The third kappa shape index (κ3) is 16.0. The summed E-state index contributed by atoms with van der Waals surface area (Å²) in [5.74, 6) is 0. The minimum absolute atomic E-state index is 0.704. The molecule has 0 saturated carbocycles. The lowest BCUT2D eigenvalue weighted by Gasteiger charge is -2.31. The Morgan fingerprint density at radius 2 is 0.676 bits per heavy atom. The van der Waals surface area contributed by atoms with Crippen molar-refractivity contribution in [2.24, 2.45) is 0 Å². The molecule has 0 fully saturated rings. The van der Waals surface area contributed by atoms with Crippen molar-refractivity contribution < 1.29 is 26.6 Å². The largest absolute Gasteiger partial charge is 0.501 e. The summed E-state index contributed by atoms with van der Waals surface area (Å²) in [6.07, 6.45) is 7.88. The van der Waals surface area contributed by atoms with Crippen molar-refractivity contribution in [2.75, 3.05) is 59.8 Å². The first-order chi connectivity index (χ1) is 16.5. The molecule has 0 saturated heterocycles. The van der Waals surface area contributed by atoms with E-state index in [-0.39, 0.29) is 0 Å². The predicted molar refractivity (Wildman–Crippen MR) is 145 cm³/mol. The van der Waals surface area contributed by atoms with Crippen LogP contribution in [0.2, 0.25) is 12.1 Å². The summed E-state index contributed by atoms with van der Waals surface area (Å²) in [6, 6.07) is 1.74. The van der Waals surface area contributed by atoms with E-state index in [0.29, 0.717) is 39.6 Å². The van der Waals surface area contributed by atoms with Crippen LogP contribution in [0.1, 0.15) is 92.9 Å². The molecule has 0 atom stereocenters. The molecule has 0 aliphatic carbocycles. The highest BCUT2D eigenvalue weighted by Crippen LogP contribution is 2.22. The van der Waals surface area contributed by atoms with Gasteiger partial charge in [0.2, 0.25) is 0 Å². The molecule has 0 rings (SSSR count). The van der Waals surface area contributed by atoms with Crippen LogP contribution >= 0.6 is 0 Å². The second-order valence-corrected chi connectivity index (χ2v) is 14.4. The van der Waals surface area contributed by atoms with Gasteiger partial charge in [0, 0.05) is 51.7 Å². The lowest BCUT2D eigenvalue weighted by atomic mass is 10.4. The molecule has 0 radical (unpaired) electrons. The zero-order valence-corrected chi connectivity index (χ0v) is 25.6. The first-order valence-corrected chi connectivity index (χ1v) is 17.8. The second kappa shape index (κ2) is 22.4. The monoisotopic (exact) mass is 523 g/mol. The van der Waals surface area contributed by atoms with Crippen molar-refractivity contribution in [3.05, 3.63) is 0 Å². The molecule has 0 aromatic carbocycles.